The van der Waals surface area contributed by atoms with Gasteiger partial charge in [-0.3, -0.25) is 4.79 Å². The summed E-state index contributed by atoms with van der Waals surface area (Å²) in [5, 5.41) is 8.45. The molecule has 1 aromatic rings. The molecular formula is C11H12O3. The molecule has 74 valence electrons. The lowest BCUT2D eigenvalue weighted by Crippen LogP contribution is -2.15. The van der Waals surface area contributed by atoms with Gasteiger partial charge in [-0.25, -0.2) is 4.79 Å². The first-order valence-corrected chi connectivity index (χ1v) is 4.33. The molecule has 3 heteroatoms. The molecule has 0 unspecified atom stereocenters. The van der Waals surface area contributed by atoms with E-state index in [2.05, 4.69) is 0 Å². The van der Waals surface area contributed by atoms with Crippen LogP contribution in [-0.4, -0.2) is 16.9 Å². The minimum atomic E-state index is -1.37. The van der Waals surface area contributed by atoms with Crippen LogP contribution in [0.15, 0.2) is 18.2 Å². The summed E-state index contributed by atoms with van der Waals surface area (Å²) in [6, 6.07) is 5.54. The van der Waals surface area contributed by atoms with Crippen LogP contribution in [0.4, 0.5) is 0 Å². The quantitative estimate of drug-likeness (QED) is 0.738. The lowest BCUT2D eigenvalue weighted by molar-refractivity contribution is -0.148. The topological polar surface area (TPSA) is 54.4 Å². The maximum absolute atomic E-state index is 11.0. The number of rotatable bonds is 3. The molecular weight excluding hydrogens is 180 g/mol. The van der Waals surface area contributed by atoms with Crippen molar-refractivity contribution in [2.24, 2.45) is 0 Å². The highest BCUT2D eigenvalue weighted by atomic mass is 16.4. The molecule has 0 amide bonds. The number of hydrogen-bond acceptors (Lipinski definition) is 2. The summed E-state index contributed by atoms with van der Waals surface area (Å²) in [6.07, 6.45) is -0.0250. The molecule has 0 saturated heterocycles. The van der Waals surface area contributed by atoms with Crippen molar-refractivity contribution >= 4 is 11.8 Å². The number of carboxylic acid groups (broad SMARTS) is 1. The third-order valence-electron chi connectivity index (χ3n) is 2.31. The lowest BCUT2D eigenvalue weighted by atomic mass is 9.99. The maximum Gasteiger partial charge on any atom is 0.372 e. The van der Waals surface area contributed by atoms with Crippen LogP contribution in [0.25, 0.3) is 0 Å². The molecule has 1 N–H and O–H groups in total. The first-order chi connectivity index (χ1) is 6.52. The predicted octanol–water partition coefficient (Wildman–Crippen LogP) is 1.50. The molecule has 0 atom stereocenters. The number of hydrogen-bond donors (Lipinski definition) is 1. The fraction of sp³-hybridized carbons (Fsp3) is 0.273. The van der Waals surface area contributed by atoms with E-state index in [0.717, 1.165) is 16.7 Å². The molecule has 0 spiro atoms. The van der Waals surface area contributed by atoms with E-state index in [1.165, 1.54) is 0 Å². The van der Waals surface area contributed by atoms with Gasteiger partial charge in [0.1, 0.15) is 0 Å². The highest BCUT2D eigenvalue weighted by Crippen LogP contribution is 2.13. The minimum Gasteiger partial charge on any atom is -0.475 e. The summed E-state index contributed by atoms with van der Waals surface area (Å²) < 4.78 is 0. The van der Waals surface area contributed by atoms with Gasteiger partial charge in [0.05, 0.1) is 0 Å². The Morgan fingerprint density at radius 3 is 2.50 bits per heavy atom. The second kappa shape index (κ2) is 4.05. The Morgan fingerprint density at radius 1 is 1.29 bits per heavy atom. The van der Waals surface area contributed by atoms with E-state index in [9.17, 15) is 9.59 Å². The first-order valence-electron chi connectivity index (χ1n) is 4.33. The Labute approximate surface area is 82.4 Å². The van der Waals surface area contributed by atoms with Gasteiger partial charge in [0.2, 0.25) is 5.78 Å². The van der Waals surface area contributed by atoms with E-state index < -0.39 is 11.8 Å². The average Bonchev–Trinajstić information content (AvgIpc) is 2.12. The lowest BCUT2D eigenvalue weighted by Gasteiger charge is -2.05. The number of aryl methyl sites for hydroxylation is 1. The molecule has 0 heterocycles. The first kappa shape index (κ1) is 10.4. The van der Waals surface area contributed by atoms with Crippen LogP contribution in [-0.2, 0) is 16.0 Å². The number of ketones is 1. The van der Waals surface area contributed by atoms with Crippen molar-refractivity contribution in [3.8, 4) is 0 Å². The van der Waals surface area contributed by atoms with E-state index in [1.807, 2.05) is 26.0 Å². The number of benzene rings is 1. The molecule has 1 rings (SSSR count). The van der Waals surface area contributed by atoms with E-state index in [-0.39, 0.29) is 6.42 Å². The monoisotopic (exact) mass is 192 g/mol. The van der Waals surface area contributed by atoms with Crippen LogP contribution in [0, 0.1) is 13.8 Å². The summed E-state index contributed by atoms with van der Waals surface area (Å²) in [5.74, 6) is -2.13. The van der Waals surface area contributed by atoms with Gasteiger partial charge in [0, 0.05) is 6.42 Å². The molecule has 0 aliphatic carbocycles. The zero-order chi connectivity index (χ0) is 10.7. The van der Waals surface area contributed by atoms with Gasteiger partial charge < -0.3 is 5.11 Å². The molecule has 0 fully saturated rings. The normalized spacial score (nSPS) is 9.86. The average molecular weight is 192 g/mol. The minimum absolute atomic E-state index is 0.0250. The van der Waals surface area contributed by atoms with Gasteiger partial charge in [-0.1, -0.05) is 18.2 Å². The predicted molar refractivity (Wildman–Crippen MR) is 52.3 cm³/mol. The Kier molecular flexibility index (Phi) is 3.02. The van der Waals surface area contributed by atoms with E-state index in [0.29, 0.717) is 0 Å². The fourth-order valence-electron chi connectivity index (χ4n) is 1.25. The van der Waals surface area contributed by atoms with Crippen molar-refractivity contribution in [3.05, 3.63) is 34.9 Å². The van der Waals surface area contributed by atoms with Crippen LogP contribution in [0.1, 0.15) is 16.7 Å². The number of Topliss-reactive ketones (excluding diaryl/α,β-unsaturated/α-hetero) is 1. The molecule has 0 saturated carbocycles. The summed E-state index contributed by atoms with van der Waals surface area (Å²) in [5.41, 5.74) is 2.85. The number of carboxylic acids is 1. The van der Waals surface area contributed by atoms with Crippen LogP contribution in [0.2, 0.25) is 0 Å². The van der Waals surface area contributed by atoms with E-state index >= 15 is 0 Å². The Hall–Kier alpha value is -1.64. The van der Waals surface area contributed by atoms with Crippen molar-refractivity contribution in [2.75, 3.05) is 0 Å². The second-order valence-corrected chi connectivity index (χ2v) is 3.26. The molecule has 0 bridgehead atoms. The van der Waals surface area contributed by atoms with Crippen LogP contribution >= 0.6 is 0 Å². The van der Waals surface area contributed by atoms with Gasteiger partial charge in [-0.2, -0.15) is 0 Å². The summed E-state index contributed by atoms with van der Waals surface area (Å²) in [6.45, 7) is 3.82. The smallest absolute Gasteiger partial charge is 0.372 e. The molecule has 1 aromatic carbocycles. The standard InChI is InChI=1S/C11H12O3/c1-7-4-3-5-9(8(7)2)6-10(12)11(13)14/h3-5H,6H2,1-2H3,(H,13,14). The van der Waals surface area contributed by atoms with Gasteiger partial charge >= 0.3 is 5.97 Å². The second-order valence-electron chi connectivity index (χ2n) is 3.26. The largest absolute Gasteiger partial charge is 0.475 e. The molecule has 0 aliphatic rings. The number of aliphatic carboxylic acids is 1. The molecule has 3 nitrogen and oxygen atoms in total. The van der Waals surface area contributed by atoms with Gasteiger partial charge in [0.15, 0.2) is 0 Å². The van der Waals surface area contributed by atoms with Crippen LogP contribution < -0.4 is 0 Å². The number of carbonyl (C=O) groups is 2. The van der Waals surface area contributed by atoms with Crippen LogP contribution in [0.3, 0.4) is 0 Å². The van der Waals surface area contributed by atoms with Crippen molar-refractivity contribution in [1.82, 2.24) is 0 Å². The molecule has 0 aromatic heterocycles. The highest BCUT2D eigenvalue weighted by molar-refractivity contribution is 6.33. The molecule has 0 aliphatic heterocycles. The van der Waals surface area contributed by atoms with Crippen molar-refractivity contribution in [1.29, 1.82) is 0 Å². The molecule has 14 heavy (non-hydrogen) atoms. The van der Waals surface area contributed by atoms with Gasteiger partial charge in [-0.15, -0.1) is 0 Å². The number of carbonyl (C=O) groups excluding carboxylic acids is 1. The van der Waals surface area contributed by atoms with Gasteiger partial charge in [0.25, 0.3) is 0 Å². The third-order valence-corrected chi connectivity index (χ3v) is 2.31. The van der Waals surface area contributed by atoms with Gasteiger partial charge in [-0.05, 0) is 30.5 Å². The van der Waals surface area contributed by atoms with E-state index in [1.54, 1.807) is 6.07 Å². The summed E-state index contributed by atoms with van der Waals surface area (Å²) >= 11 is 0. The van der Waals surface area contributed by atoms with E-state index in [4.69, 9.17) is 5.11 Å². The zero-order valence-electron chi connectivity index (χ0n) is 8.20. The third kappa shape index (κ3) is 2.19. The van der Waals surface area contributed by atoms with Crippen molar-refractivity contribution in [3.63, 3.8) is 0 Å². The Balaban J connectivity index is 2.93. The Bertz CT molecular complexity index is 380. The zero-order valence-corrected chi connectivity index (χ0v) is 8.20. The SMILES string of the molecule is Cc1cccc(CC(=O)C(=O)O)c1C. The Morgan fingerprint density at radius 2 is 1.93 bits per heavy atom. The summed E-state index contributed by atoms with van der Waals surface area (Å²) in [4.78, 5) is 21.3. The maximum atomic E-state index is 11.0. The molecule has 0 radical (unpaired) electrons. The summed E-state index contributed by atoms with van der Waals surface area (Å²) in [7, 11) is 0. The van der Waals surface area contributed by atoms with Crippen molar-refractivity contribution < 1.29 is 14.7 Å². The fourth-order valence-corrected chi connectivity index (χ4v) is 1.25. The van der Waals surface area contributed by atoms with Crippen molar-refractivity contribution in [2.45, 2.75) is 20.3 Å². The van der Waals surface area contributed by atoms with Crippen LogP contribution in [0.5, 0.6) is 0 Å². The highest BCUT2D eigenvalue weighted by Gasteiger charge is 2.13.